The second kappa shape index (κ2) is 3.66. The smallest absolute Gasteiger partial charge is 0.258 e. The van der Waals surface area contributed by atoms with E-state index < -0.39 is 4.92 Å². The Morgan fingerprint density at radius 2 is 2.11 bits per heavy atom. The van der Waals surface area contributed by atoms with Crippen LogP contribution in [0.15, 0.2) is 36.8 Å². The minimum Gasteiger partial charge on any atom is -0.258 e. The fourth-order valence-corrected chi connectivity index (χ4v) is 1.81. The predicted octanol–water partition coefficient (Wildman–Crippen LogP) is 1.06. The quantitative estimate of drug-likeness (QED) is 0.416. The van der Waals surface area contributed by atoms with Gasteiger partial charge in [0, 0.05) is 17.7 Å². The van der Waals surface area contributed by atoms with Gasteiger partial charge in [-0.1, -0.05) is 0 Å². The van der Waals surface area contributed by atoms with Crippen LogP contribution < -0.4 is 4.57 Å². The zero-order valence-electron chi connectivity index (χ0n) is 9.57. The Bertz CT molecular complexity index is 726. The molecule has 0 amide bonds. The Balaban J connectivity index is 2.05. The molecular formula is C11H10N5O2+. The average Bonchev–Trinajstić information content (AvgIpc) is 2.92. The number of non-ortho nitro benzene ring substituents is 1. The molecular weight excluding hydrogens is 234 g/mol. The normalized spacial score (nSPS) is 10.9. The number of benzene rings is 1. The van der Waals surface area contributed by atoms with E-state index in [-0.39, 0.29) is 5.69 Å². The third kappa shape index (κ3) is 1.53. The van der Waals surface area contributed by atoms with Gasteiger partial charge in [0.2, 0.25) is 0 Å². The van der Waals surface area contributed by atoms with E-state index in [2.05, 4.69) is 10.1 Å². The third-order valence-corrected chi connectivity index (χ3v) is 2.77. The lowest BCUT2D eigenvalue weighted by molar-refractivity contribution is -0.647. The van der Waals surface area contributed by atoms with Gasteiger partial charge in [0.1, 0.15) is 6.20 Å². The van der Waals surface area contributed by atoms with Gasteiger partial charge >= 0.3 is 5.78 Å². The van der Waals surface area contributed by atoms with Crippen LogP contribution in [-0.2, 0) is 7.05 Å². The molecule has 1 N–H and O–H groups in total. The van der Waals surface area contributed by atoms with E-state index in [1.54, 1.807) is 23.0 Å². The highest BCUT2D eigenvalue weighted by Gasteiger charge is 2.15. The third-order valence-electron chi connectivity index (χ3n) is 2.77. The number of imidazole rings is 1. The highest BCUT2D eigenvalue weighted by molar-refractivity contribution is 5.62. The number of hydrogen-bond donors (Lipinski definition) is 1. The molecule has 0 spiro atoms. The standard InChI is InChI=1S/C11H9N5O2/c1-14-7-12-15-6-10(13-11(14)15)8-2-4-9(5-3-8)16(17)18/h2-7H,1H3/p+1. The first-order valence-electron chi connectivity index (χ1n) is 5.32. The number of aromatic nitrogens is 4. The monoisotopic (exact) mass is 244 g/mol. The van der Waals surface area contributed by atoms with Crippen molar-refractivity contribution in [2.24, 2.45) is 7.05 Å². The van der Waals surface area contributed by atoms with Crippen LogP contribution in [-0.4, -0.2) is 19.5 Å². The van der Waals surface area contributed by atoms with Crippen molar-refractivity contribution in [3.8, 4) is 11.3 Å². The number of nitrogens with one attached hydrogen (secondary N) is 1. The maximum absolute atomic E-state index is 10.6. The van der Waals surface area contributed by atoms with E-state index in [0.717, 1.165) is 17.0 Å². The van der Waals surface area contributed by atoms with Crippen molar-refractivity contribution in [3.05, 3.63) is 46.9 Å². The molecule has 1 aromatic carbocycles. The summed E-state index contributed by atoms with van der Waals surface area (Å²) in [6.45, 7) is 0. The number of rotatable bonds is 2. The molecule has 0 fully saturated rings. The Morgan fingerprint density at radius 1 is 1.39 bits per heavy atom. The van der Waals surface area contributed by atoms with E-state index in [4.69, 9.17) is 0 Å². The zero-order valence-corrected chi connectivity index (χ0v) is 9.57. The van der Waals surface area contributed by atoms with E-state index in [1.807, 2.05) is 17.8 Å². The van der Waals surface area contributed by atoms with E-state index in [9.17, 15) is 10.1 Å². The molecule has 0 aliphatic heterocycles. The number of aryl methyl sites for hydroxylation is 1. The fourth-order valence-electron chi connectivity index (χ4n) is 1.81. The van der Waals surface area contributed by atoms with Gasteiger partial charge in [0.25, 0.3) is 5.69 Å². The van der Waals surface area contributed by atoms with Gasteiger partial charge < -0.3 is 0 Å². The first-order valence-corrected chi connectivity index (χ1v) is 5.32. The second-order valence-electron chi connectivity index (χ2n) is 3.97. The van der Waals surface area contributed by atoms with E-state index in [1.165, 1.54) is 12.1 Å². The summed E-state index contributed by atoms with van der Waals surface area (Å²) in [6, 6.07) is 6.34. The lowest BCUT2D eigenvalue weighted by atomic mass is 10.1. The molecule has 2 aromatic heterocycles. The maximum Gasteiger partial charge on any atom is 0.384 e. The number of nitro benzene ring substituents is 1. The zero-order chi connectivity index (χ0) is 12.7. The lowest BCUT2D eigenvalue weighted by Gasteiger charge is -1.93. The van der Waals surface area contributed by atoms with Crippen LogP contribution in [0.5, 0.6) is 0 Å². The van der Waals surface area contributed by atoms with Gasteiger partial charge in [-0.05, 0) is 12.1 Å². The molecule has 0 aliphatic carbocycles. The van der Waals surface area contributed by atoms with Crippen LogP contribution in [0.1, 0.15) is 0 Å². The molecule has 0 bridgehead atoms. The van der Waals surface area contributed by atoms with Gasteiger partial charge in [0.05, 0.1) is 12.0 Å². The summed E-state index contributed by atoms with van der Waals surface area (Å²) in [4.78, 5) is 14.6. The molecule has 90 valence electrons. The summed E-state index contributed by atoms with van der Waals surface area (Å²) in [7, 11) is 1.89. The van der Waals surface area contributed by atoms with Crippen molar-refractivity contribution in [3.63, 3.8) is 0 Å². The summed E-state index contributed by atoms with van der Waals surface area (Å²) in [5.41, 5.74) is 1.69. The molecule has 0 unspecified atom stereocenters. The highest BCUT2D eigenvalue weighted by Crippen LogP contribution is 2.21. The molecule has 0 radical (unpaired) electrons. The molecule has 7 heteroatoms. The Hall–Kier alpha value is -2.70. The molecule has 0 atom stereocenters. The Morgan fingerprint density at radius 3 is 2.72 bits per heavy atom. The van der Waals surface area contributed by atoms with Crippen molar-refractivity contribution >= 4 is 11.5 Å². The highest BCUT2D eigenvalue weighted by atomic mass is 16.6. The van der Waals surface area contributed by atoms with Crippen LogP contribution in [0, 0.1) is 10.1 Å². The topological polar surface area (TPSA) is 80.1 Å². The SMILES string of the molecule is C[n+]1c[nH]n2cc(-c3ccc([N+](=O)[O-])cc3)nc21. The predicted molar refractivity (Wildman–Crippen MR) is 62.8 cm³/mol. The fraction of sp³-hybridized carbons (Fsp3) is 0.0909. The van der Waals surface area contributed by atoms with Gasteiger partial charge in [-0.25, -0.2) is 4.57 Å². The van der Waals surface area contributed by atoms with Crippen LogP contribution in [0.25, 0.3) is 17.0 Å². The van der Waals surface area contributed by atoms with Crippen molar-refractivity contribution < 1.29 is 9.49 Å². The second-order valence-corrected chi connectivity index (χ2v) is 3.97. The molecule has 3 aromatic rings. The molecule has 0 aliphatic rings. The van der Waals surface area contributed by atoms with Crippen LogP contribution in [0.4, 0.5) is 5.69 Å². The first kappa shape index (κ1) is 10.5. The van der Waals surface area contributed by atoms with E-state index in [0.29, 0.717) is 0 Å². The summed E-state index contributed by atoms with van der Waals surface area (Å²) in [5.74, 6) is 0.781. The lowest BCUT2D eigenvalue weighted by Crippen LogP contribution is -2.25. The van der Waals surface area contributed by atoms with Crippen LogP contribution >= 0.6 is 0 Å². The molecule has 0 saturated heterocycles. The van der Waals surface area contributed by atoms with Gasteiger partial charge in [-0.2, -0.15) is 5.10 Å². The molecule has 18 heavy (non-hydrogen) atoms. The largest absolute Gasteiger partial charge is 0.384 e. The minimum atomic E-state index is -0.415. The number of H-pyrrole nitrogens is 1. The average molecular weight is 244 g/mol. The van der Waals surface area contributed by atoms with Crippen molar-refractivity contribution in [1.29, 1.82) is 0 Å². The first-order chi connectivity index (χ1) is 8.65. The molecule has 7 nitrogen and oxygen atoms in total. The molecule has 0 saturated carbocycles. The summed E-state index contributed by atoms with van der Waals surface area (Å²) < 4.78 is 3.64. The maximum atomic E-state index is 10.6. The van der Waals surface area contributed by atoms with Gasteiger partial charge in [-0.15, -0.1) is 9.50 Å². The number of fused-ring (bicyclic) bond motifs is 1. The van der Waals surface area contributed by atoms with Crippen LogP contribution in [0.2, 0.25) is 0 Å². The van der Waals surface area contributed by atoms with Crippen LogP contribution in [0.3, 0.4) is 0 Å². The number of hydrogen-bond acceptors (Lipinski definition) is 3. The molecule has 2 heterocycles. The minimum absolute atomic E-state index is 0.0778. The van der Waals surface area contributed by atoms with Gasteiger partial charge in [0.15, 0.2) is 12.0 Å². The van der Waals surface area contributed by atoms with Crippen molar-refractivity contribution in [2.75, 3.05) is 0 Å². The number of aromatic amines is 1. The van der Waals surface area contributed by atoms with Crippen molar-refractivity contribution in [1.82, 2.24) is 14.6 Å². The molecule has 3 rings (SSSR count). The number of nitro groups is 1. The Labute approximate surface area is 101 Å². The summed E-state index contributed by atoms with van der Waals surface area (Å²) in [5, 5.41) is 13.6. The van der Waals surface area contributed by atoms with E-state index >= 15 is 0 Å². The summed E-state index contributed by atoms with van der Waals surface area (Å²) in [6.07, 6.45) is 3.64. The number of nitrogens with zero attached hydrogens (tertiary/aromatic N) is 4. The Kier molecular flexibility index (Phi) is 2.12. The van der Waals surface area contributed by atoms with Gasteiger partial charge in [-0.3, -0.25) is 10.1 Å². The van der Waals surface area contributed by atoms with Crippen molar-refractivity contribution in [2.45, 2.75) is 0 Å². The summed E-state index contributed by atoms with van der Waals surface area (Å²) >= 11 is 0.